The molecule has 2 aromatic carbocycles. The molecule has 0 saturated carbocycles. The Labute approximate surface area is 192 Å². The molecular formula is C24H29N3O4S. The molecule has 0 spiro atoms. The van der Waals surface area contributed by atoms with E-state index in [2.05, 4.69) is 30.9 Å². The molecule has 1 aliphatic heterocycles. The predicted octanol–water partition coefficient (Wildman–Crippen LogP) is 3.67. The molecule has 0 radical (unpaired) electrons. The number of amides is 1. The van der Waals surface area contributed by atoms with E-state index < -0.39 is 0 Å². The minimum atomic E-state index is -0.115. The average Bonchev–Trinajstić information content (AvgIpc) is 3.27. The van der Waals surface area contributed by atoms with Crippen molar-refractivity contribution in [1.29, 1.82) is 0 Å². The number of aryl methyl sites for hydroxylation is 2. The van der Waals surface area contributed by atoms with Crippen LogP contribution in [0, 0.1) is 13.8 Å². The van der Waals surface area contributed by atoms with Crippen LogP contribution in [0.3, 0.4) is 0 Å². The molecule has 8 heteroatoms. The third-order valence-corrected chi connectivity index (χ3v) is 6.82. The summed E-state index contributed by atoms with van der Waals surface area (Å²) in [5, 5.41) is 0.713. The predicted molar refractivity (Wildman–Crippen MR) is 127 cm³/mol. The maximum atomic E-state index is 13.3. The molecule has 2 heterocycles. The van der Waals surface area contributed by atoms with Gasteiger partial charge in [-0.25, -0.2) is 4.98 Å². The van der Waals surface area contributed by atoms with Gasteiger partial charge in [-0.15, -0.1) is 0 Å². The summed E-state index contributed by atoms with van der Waals surface area (Å²) in [5.74, 6) is 1.17. The molecule has 1 aliphatic rings. The quantitative estimate of drug-likeness (QED) is 0.517. The molecule has 4 rings (SSSR count). The maximum absolute atomic E-state index is 13.3. The van der Waals surface area contributed by atoms with Crippen molar-refractivity contribution in [2.24, 2.45) is 0 Å². The van der Waals surface area contributed by atoms with Crippen LogP contribution in [0.2, 0.25) is 0 Å². The van der Waals surface area contributed by atoms with Gasteiger partial charge in [-0.3, -0.25) is 14.6 Å². The number of methoxy groups -OCH3 is 1. The minimum absolute atomic E-state index is 0.0653. The molecule has 0 bridgehead atoms. The van der Waals surface area contributed by atoms with Gasteiger partial charge in [0.05, 0.1) is 30.5 Å². The number of fused-ring (bicyclic) bond motifs is 1. The van der Waals surface area contributed by atoms with Gasteiger partial charge in [0.2, 0.25) is 0 Å². The Morgan fingerprint density at radius 2 is 1.91 bits per heavy atom. The molecule has 1 saturated heterocycles. The lowest BCUT2D eigenvalue weighted by Crippen LogP contribution is -2.44. The van der Waals surface area contributed by atoms with Crippen LogP contribution >= 0.6 is 11.3 Å². The molecule has 0 atom stereocenters. The number of carbonyl (C=O) groups is 1. The average molecular weight is 456 g/mol. The first-order chi connectivity index (χ1) is 15.5. The van der Waals surface area contributed by atoms with Crippen LogP contribution in [0.1, 0.15) is 11.1 Å². The highest BCUT2D eigenvalue weighted by Gasteiger charge is 2.23. The lowest BCUT2D eigenvalue weighted by molar-refractivity contribution is -0.120. The fourth-order valence-corrected chi connectivity index (χ4v) is 4.83. The molecule has 7 nitrogen and oxygen atoms in total. The first kappa shape index (κ1) is 22.5. The standard InChI is InChI=1S/C24H29N3O4S/c1-17-7-8-18(2)23-22(17)25-24(32-23)27(10-9-26-11-13-30-14-12-26)21(28)16-31-20-6-4-5-19(15-20)29-3/h4-8,15H,9-14,16H2,1-3H3. The molecule has 3 aromatic rings. The van der Waals surface area contributed by atoms with Gasteiger partial charge in [0.15, 0.2) is 11.7 Å². The van der Waals surface area contributed by atoms with Gasteiger partial charge in [-0.2, -0.15) is 0 Å². The monoisotopic (exact) mass is 455 g/mol. The van der Waals surface area contributed by atoms with Crippen LogP contribution in [0.25, 0.3) is 10.2 Å². The van der Waals surface area contributed by atoms with Crippen molar-refractivity contribution < 1.29 is 19.0 Å². The fourth-order valence-electron chi connectivity index (χ4n) is 3.67. The molecule has 32 heavy (non-hydrogen) atoms. The van der Waals surface area contributed by atoms with Crippen LogP contribution < -0.4 is 14.4 Å². The zero-order chi connectivity index (χ0) is 22.5. The summed E-state index contributed by atoms with van der Waals surface area (Å²) >= 11 is 1.56. The van der Waals surface area contributed by atoms with Crippen LogP contribution in [0.15, 0.2) is 36.4 Å². The van der Waals surface area contributed by atoms with Crippen LogP contribution in [0.5, 0.6) is 11.5 Å². The summed E-state index contributed by atoms with van der Waals surface area (Å²) in [6, 6.07) is 11.5. The first-order valence-corrected chi connectivity index (χ1v) is 11.6. The Bertz CT molecular complexity index is 1040. The lowest BCUT2D eigenvalue weighted by Gasteiger charge is -2.29. The van der Waals surface area contributed by atoms with Gasteiger partial charge in [0.25, 0.3) is 5.91 Å². The topological polar surface area (TPSA) is 64.1 Å². The second kappa shape index (κ2) is 10.3. The van der Waals surface area contributed by atoms with Gasteiger partial charge < -0.3 is 14.2 Å². The van der Waals surface area contributed by atoms with Gasteiger partial charge in [0, 0.05) is 32.2 Å². The van der Waals surface area contributed by atoms with Crippen molar-refractivity contribution in [2.45, 2.75) is 13.8 Å². The van der Waals surface area contributed by atoms with E-state index in [1.54, 1.807) is 29.4 Å². The minimum Gasteiger partial charge on any atom is -0.497 e. The summed E-state index contributed by atoms with van der Waals surface area (Å²) in [6.07, 6.45) is 0. The highest BCUT2D eigenvalue weighted by atomic mass is 32.1. The fraction of sp³-hybridized carbons (Fsp3) is 0.417. The van der Waals surface area contributed by atoms with Crippen LogP contribution in [-0.2, 0) is 9.53 Å². The SMILES string of the molecule is COc1cccc(OCC(=O)N(CCN2CCOCC2)c2nc3c(C)ccc(C)c3s2)c1. The van der Waals surface area contributed by atoms with E-state index in [4.69, 9.17) is 19.2 Å². The van der Waals surface area contributed by atoms with Crippen molar-refractivity contribution in [1.82, 2.24) is 9.88 Å². The van der Waals surface area contributed by atoms with E-state index in [1.807, 2.05) is 18.2 Å². The second-order valence-corrected chi connectivity index (χ2v) is 8.82. The number of benzene rings is 2. The maximum Gasteiger partial charge on any atom is 0.266 e. The van der Waals surface area contributed by atoms with Crippen molar-refractivity contribution in [3.05, 3.63) is 47.5 Å². The number of hydrogen-bond donors (Lipinski definition) is 0. The highest BCUT2D eigenvalue weighted by Crippen LogP contribution is 2.33. The van der Waals surface area contributed by atoms with Gasteiger partial charge in [-0.05, 0) is 37.1 Å². The lowest BCUT2D eigenvalue weighted by atomic mass is 10.1. The number of anilines is 1. The third-order valence-electron chi connectivity index (χ3n) is 5.61. The number of ether oxygens (including phenoxy) is 3. The number of carbonyl (C=O) groups excluding carboxylic acids is 1. The van der Waals surface area contributed by atoms with Gasteiger partial charge >= 0.3 is 0 Å². The summed E-state index contributed by atoms with van der Waals surface area (Å²) in [4.78, 5) is 22.2. The Morgan fingerprint density at radius 3 is 2.66 bits per heavy atom. The largest absolute Gasteiger partial charge is 0.497 e. The summed E-state index contributed by atoms with van der Waals surface area (Å²) < 4.78 is 17.6. The zero-order valence-corrected chi connectivity index (χ0v) is 19.6. The van der Waals surface area contributed by atoms with Crippen molar-refractivity contribution in [2.75, 3.05) is 58.0 Å². The van der Waals surface area contributed by atoms with Crippen molar-refractivity contribution >= 4 is 32.6 Å². The molecule has 1 fully saturated rings. The molecule has 0 aliphatic carbocycles. The molecule has 0 N–H and O–H groups in total. The Morgan fingerprint density at radius 1 is 1.16 bits per heavy atom. The number of hydrogen-bond acceptors (Lipinski definition) is 7. The van der Waals surface area contributed by atoms with E-state index in [1.165, 1.54) is 5.56 Å². The molecule has 1 amide bonds. The number of aromatic nitrogens is 1. The molecule has 0 unspecified atom stereocenters. The zero-order valence-electron chi connectivity index (χ0n) is 18.8. The summed E-state index contributed by atoms with van der Waals surface area (Å²) in [5.41, 5.74) is 3.24. The van der Waals surface area contributed by atoms with Crippen molar-refractivity contribution in [3.63, 3.8) is 0 Å². The number of nitrogens with zero attached hydrogens (tertiary/aromatic N) is 3. The third kappa shape index (κ3) is 5.20. The van der Waals surface area contributed by atoms with Gasteiger partial charge in [0.1, 0.15) is 11.5 Å². The molecular weight excluding hydrogens is 426 g/mol. The molecule has 1 aromatic heterocycles. The van der Waals surface area contributed by atoms with E-state index >= 15 is 0 Å². The Hall–Kier alpha value is -2.68. The Kier molecular flexibility index (Phi) is 7.24. The van der Waals surface area contributed by atoms with E-state index in [-0.39, 0.29) is 12.5 Å². The Balaban J connectivity index is 1.54. The smallest absolute Gasteiger partial charge is 0.266 e. The molecule has 170 valence electrons. The normalized spacial score (nSPS) is 14.5. The van der Waals surface area contributed by atoms with E-state index in [0.29, 0.717) is 23.2 Å². The number of rotatable bonds is 8. The second-order valence-electron chi connectivity index (χ2n) is 7.84. The van der Waals surface area contributed by atoms with E-state index in [0.717, 1.165) is 48.6 Å². The van der Waals surface area contributed by atoms with E-state index in [9.17, 15) is 4.79 Å². The number of morpholine rings is 1. The van der Waals surface area contributed by atoms with Gasteiger partial charge in [-0.1, -0.05) is 29.5 Å². The van der Waals surface area contributed by atoms with Crippen LogP contribution in [0.4, 0.5) is 5.13 Å². The van der Waals surface area contributed by atoms with Crippen LogP contribution in [-0.4, -0.2) is 68.9 Å². The highest BCUT2D eigenvalue weighted by molar-refractivity contribution is 7.22. The first-order valence-electron chi connectivity index (χ1n) is 10.8. The summed E-state index contributed by atoms with van der Waals surface area (Å²) in [7, 11) is 1.61. The number of thiazole rings is 1. The van der Waals surface area contributed by atoms with Crippen molar-refractivity contribution in [3.8, 4) is 11.5 Å². The summed E-state index contributed by atoms with van der Waals surface area (Å²) in [6.45, 7) is 8.59.